The van der Waals surface area contributed by atoms with Crippen molar-refractivity contribution >= 4 is 34.1 Å². The van der Waals surface area contributed by atoms with E-state index >= 15 is 0 Å². The van der Waals surface area contributed by atoms with E-state index in [1.807, 2.05) is 13.1 Å². The third kappa shape index (κ3) is 2.47. The van der Waals surface area contributed by atoms with Crippen molar-refractivity contribution in [1.29, 1.82) is 5.41 Å². The SMILES string of the molecule is CNc1n[c]([Sn]([CH3])([CH3])[CH3])ccc1C=N. The molecule has 0 aliphatic carbocycles. The predicted molar refractivity (Wildman–Crippen MR) is 64.6 cm³/mol. The van der Waals surface area contributed by atoms with Gasteiger partial charge >= 0.3 is 89.4 Å². The second kappa shape index (κ2) is 4.29. The van der Waals surface area contributed by atoms with Gasteiger partial charge in [-0.15, -0.1) is 0 Å². The number of hydrogen-bond acceptors (Lipinski definition) is 3. The van der Waals surface area contributed by atoms with E-state index in [2.05, 4.69) is 31.2 Å². The Balaban J connectivity index is 3.21. The summed E-state index contributed by atoms with van der Waals surface area (Å²) in [6.45, 7) is 0. The molecular formula is C10H17N3Sn. The summed E-state index contributed by atoms with van der Waals surface area (Å²) in [5.41, 5.74) is 0.854. The number of rotatable bonds is 3. The molecule has 0 aliphatic rings. The molecule has 0 saturated carbocycles. The molecule has 1 aromatic heterocycles. The fourth-order valence-electron chi connectivity index (χ4n) is 1.20. The van der Waals surface area contributed by atoms with Gasteiger partial charge in [-0.25, -0.2) is 0 Å². The molecule has 3 nitrogen and oxygen atoms in total. The van der Waals surface area contributed by atoms with Gasteiger partial charge in [0.1, 0.15) is 0 Å². The summed E-state index contributed by atoms with van der Waals surface area (Å²) >= 11 is -2.05. The van der Waals surface area contributed by atoms with Gasteiger partial charge in [0.25, 0.3) is 0 Å². The van der Waals surface area contributed by atoms with E-state index < -0.39 is 18.4 Å². The molecule has 0 spiro atoms. The van der Waals surface area contributed by atoms with Crippen LogP contribution in [-0.4, -0.2) is 36.6 Å². The topological polar surface area (TPSA) is 48.8 Å². The molecule has 0 unspecified atom stereocenters. The summed E-state index contributed by atoms with van der Waals surface area (Å²) < 4.78 is 1.24. The average Bonchev–Trinajstić information content (AvgIpc) is 2.15. The minimum atomic E-state index is -2.05. The third-order valence-electron chi connectivity index (χ3n) is 2.09. The monoisotopic (exact) mass is 299 g/mol. The van der Waals surface area contributed by atoms with Gasteiger partial charge in [-0.05, 0) is 0 Å². The maximum atomic E-state index is 7.23. The van der Waals surface area contributed by atoms with E-state index in [9.17, 15) is 0 Å². The van der Waals surface area contributed by atoms with Gasteiger partial charge in [0.05, 0.1) is 0 Å². The summed E-state index contributed by atoms with van der Waals surface area (Å²) in [5, 5.41) is 10.3. The van der Waals surface area contributed by atoms with Crippen molar-refractivity contribution in [2.45, 2.75) is 14.8 Å². The molecule has 0 atom stereocenters. The predicted octanol–water partition coefficient (Wildman–Crippen LogP) is 1.67. The molecule has 0 saturated heterocycles. The molecule has 0 bridgehead atoms. The second-order valence-electron chi connectivity index (χ2n) is 4.28. The molecule has 1 heterocycles. The minimum absolute atomic E-state index is 0.823. The second-order valence-corrected chi connectivity index (χ2v) is 18.6. The zero-order valence-corrected chi connectivity index (χ0v) is 12.0. The van der Waals surface area contributed by atoms with Crippen molar-refractivity contribution in [3.63, 3.8) is 0 Å². The van der Waals surface area contributed by atoms with Crippen LogP contribution in [0.3, 0.4) is 0 Å². The average molecular weight is 298 g/mol. The van der Waals surface area contributed by atoms with E-state index in [1.54, 1.807) is 0 Å². The van der Waals surface area contributed by atoms with Crippen molar-refractivity contribution in [3.05, 3.63) is 17.7 Å². The van der Waals surface area contributed by atoms with E-state index in [0.29, 0.717) is 0 Å². The molecule has 1 rings (SSSR count). The van der Waals surface area contributed by atoms with Crippen LogP contribution in [-0.2, 0) is 0 Å². The molecule has 0 aliphatic heterocycles. The van der Waals surface area contributed by atoms with Crippen LogP contribution in [0.1, 0.15) is 5.56 Å². The molecule has 0 amide bonds. The molecule has 0 radical (unpaired) electrons. The first-order valence-electron chi connectivity index (χ1n) is 4.69. The van der Waals surface area contributed by atoms with E-state index in [0.717, 1.165) is 11.4 Å². The van der Waals surface area contributed by atoms with Crippen LogP contribution >= 0.6 is 0 Å². The number of hydrogen-bond donors (Lipinski definition) is 2. The van der Waals surface area contributed by atoms with Crippen LogP contribution in [0.15, 0.2) is 12.1 Å². The Kier molecular flexibility index (Phi) is 3.53. The maximum absolute atomic E-state index is 7.23. The number of nitrogens with zero attached hydrogens (tertiary/aromatic N) is 1. The van der Waals surface area contributed by atoms with Gasteiger partial charge in [0, 0.05) is 0 Å². The first-order chi connectivity index (χ1) is 6.49. The Labute approximate surface area is 89.3 Å². The Morgan fingerprint density at radius 3 is 2.43 bits per heavy atom. The molecular weight excluding hydrogens is 281 g/mol. The summed E-state index contributed by atoms with van der Waals surface area (Å²) in [6.07, 6.45) is 1.33. The zero-order chi connectivity index (χ0) is 10.8. The molecule has 76 valence electrons. The van der Waals surface area contributed by atoms with E-state index in [1.165, 1.54) is 9.92 Å². The summed E-state index contributed by atoms with van der Waals surface area (Å²) in [6, 6.07) is 4.04. The van der Waals surface area contributed by atoms with Crippen molar-refractivity contribution in [1.82, 2.24) is 4.98 Å². The van der Waals surface area contributed by atoms with E-state index in [4.69, 9.17) is 5.41 Å². The van der Waals surface area contributed by atoms with Crippen molar-refractivity contribution in [2.24, 2.45) is 0 Å². The quantitative estimate of drug-likeness (QED) is 0.659. The van der Waals surface area contributed by atoms with Gasteiger partial charge in [-0.2, -0.15) is 0 Å². The Morgan fingerprint density at radius 2 is 2.00 bits per heavy atom. The van der Waals surface area contributed by atoms with Gasteiger partial charge < -0.3 is 0 Å². The fraction of sp³-hybridized carbons (Fsp3) is 0.400. The third-order valence-corrected chi connectivity index (χ3v) is 7.27. The van der Waals surface area contributed by atoms with Crippen LogP contribution in [0.4, 0.5) is 5.82 Å². The van der Waals surface area contributed by atoms with Crippen LogP contribution in [0, 0.1) is 5.41 Å². The Bertz CT molecular complexity index is 342. The van der Waals surface area contributed by atoms with Crippen LogP contribution in [0.5, 0.6) is 0 Å². The molecule has 1 aromatic rings. The van der Waals surface area contributed by atoms with Gasteiger partial charge in [-0.1, -0.05) is 0 Å². The number of nitrogens with one attached hydrogen (secondary N) is 2. The van der Waals surface area contributed by atoms with Crippen molar-refractivity contribution in [3.8, 4) is 0 Å². The Hall–Kier alpha value is -0.581. The standard InChI is InChI=1S/C7H8N3.3CH3.Sn/c1-9-7-6(5-8)3-2-4-10-7;;;;/h2-3,5,8H,1H3,(H,9,10);3*1H3;. The van der Waals surface area contributed by atoms with Crippen molar-refractivity contribution in [2.75, 3.05) is 12.4 Å². The first kappa shape index (κ1) is 11.5. The zero-order valence-electron chi connectivity index (χ0n) is 9.18. The summed E-state index contributed by atoms with van der Waals surface area (Å²) in [7, 11) is 1.84. The summed E-state index contributed by atoms with van der Waals surface area (Å²) in [4.78, 5) is 11.6. The molecule has 4 heteroatoms. The van der Waals surface area contributed by atoms with Gasteiger partial charge in [-0.3, -0.25) is 0 Å². The fourth-order valence-corrected chi connectivity index (χ4v) is 4.15. The van der Waals surface area contributed by atoms with Crippen molar-refractivity contribution < 1.29 is 0 Å². The molecule has 2 N–H and O–H groups in total. The molecule has 0 fully saturated rings. The number of pyridine rings is 1. The van der Waals surface area contributed by atoms with Gasteiger partial charge in [0.15, 0.2) is 0 Å². The molecule has 0 aromatic carbocycles. The first-order valence-corrected chi connectivity index (χ1v) is 14.7. The van der Waals surface area contributed by atoms with Crippen LogP contribution in [0.25, 0.3) is 0 Å². The van der Waals surface area contributed by atoms with Gasteiger partial charge in [0.2, 0.25) is 0 Å². The Morgan fingerprint density at radius 1 is 1.36 bits per heavy atom. The number of anilines is 1. The van der Waals surface area contributed by atoms with Crippen LogP contribution < -0.4 is 9.03 Å². The van der Waals surface area contributed by atoms with Crippen LogP contribution in [0.2, 0.25) is 14.8 Å². The molecule has 14 heavy (non-hydrogen) atoms. The normalized spacial score (nSPS) is 11.1. The summed E-state index contributed by atoms with van der Waals surface area (Å²) in [5.74, 6) is 0.823. The number of aromatic nitrogens is 1. The van der Waals surface area contributed by atoms with E-state index in [-0.39, 0.29) is 0 Å².